The van der Waals surface area contributed by atoms with Crippen LogP contribution in [0.4, 0.5) is 0 Å². The fourth-order valence-electron chi connectivity index (χ4n) is 2.89. The highest BCUT2D eigenvalue weighted by Crippen LogP contribution is 2.38. The van der Waals surface area contributed by atoms with Crippen LogP contribution in [-0.4, -0.2) is 40.7 Å². The fraction of sp³-hybridized carbons (Fsp3) is 0.529. The lowest BCUT2D eigenvalue weighted by Gasteiger charge is -2.28. The maximum atomic E-state index is 12.4. The molecule has 22 heavy (non-hydrogen) atoms. The van der Waals surface area contributed by atoms with Gasteiger partial charge in [-0.1, -0.05) is 32.0 Å². The molecule has 1 aromatic carbocycles. The highest BCUT2D eigenvalue weighted by molar-refractivity contribution is 8.00. The van der Waals surface area contributed by atoms with Crippen molar-refractivity contribution in [1.82, 2.24) is 4.90 Å². The quantitative estimate of drug-likeness (QED) is 0.847. The monoisotopic (exact) mass is 321 g/mol. The molecule has 1 N–H and O–H groups in total. The van der Waals surface area contributed by atoms with Crippen molar-refractivity contribution in [3.63, 3.8) is 0 Å². The predicted octanol–water partition coefficient (Wildman–Crippen LogP) is 3.05. The van der Waals surface area contributed by atoms with E-state index >= 15 is 0 Å². The van der Waals surface area contributed by atoms with E-state index in [1.165, 1.54) is 11.8 Å². The number of carboxylic acids is 1. The summed E-state index contributed by atoms with van der Waals surface area (Å²) < 4.78 is 0. The molecule has 4 nitrogen and oxygen atoms in total. The molecule has 0 aliphatic carbocycles. The lowest BCUT2D eigenvalue weighted by atomic mass is 9.76. The molecule has 1 aliphatic rings. The number of amides is 1. The maximum Gasteiger partial charge on any atom is 0.311 e. The van der Waals surface area contributed by atoms with Gasteiger partial charge in [-0.3, -0.25) is 9.59 Å². The summed E-state index contributed by atoms with van der Waals surface area (Å²) in [4.78, 5) is 26.8. The number of carbonyl (C=O) groups excluding carboxylic acids is 1. The molecule has 1 unspecified atom stereocenters. The number of aliphatic carboxylic acids is 1. The van der Waals surface area contributed by atoms with Gasteiger partial charge in [0.25, 0.3) is 0 Å². The summed E-state index contributed by atoms with van der Waals surface area (Å²) >= 11 is 1.52. The van der Waals surface area contributed by atoms with Crippen molar-refractivity contribution in [3.05, 3.63) is 29.8 Å². The SMILES string of the molecule is Cc1ccccc1SCC(=O)N1CCC(C(=O)O)(C(C)C)C1. The van der Waals surface area contributed by atoms with E-state index in [0.29, 0.717) is 25.3 Å². The molecule has 1 amide bonds. The van der Waals surface area contributed by atoms with Crippen LogP contribution in [0, 0.1) is 18.3 Å². The van der Waals surface area contributed by atoms with E-state index in [4.69, 9.17) is 0 Å². The molecule has 5 heteroatoms. The largest absolute Gasteiger partial charge is 0.481 e. The zero-order chi connectivity index (χ0) is 16.3. The first-order valence-corrected chi connectivity index (χ1v) is 8.55. The van der Waals surface area contributed by atoms with Gasteiger partial charge in [0, 0.05) is 18.0 Å². The molecule has 1 aromatic rings. The van der Waals surface area contributed by atoms with Crippen molar-refractivity contribution in [2.75, 3.05) is 18.8 Å². The second-order valence-electron chi connectivity index (χ2n) is 6.24. The average Bonchev–Trinajstić information content (AvgIpc) is 2.93. The molecule has 0 spiro atoms. The van der Waals surface area contributed by atoms with Crippen molar-refractivity contribution >= 4 is 23.6 Å². The van der Waals surface area contributed by atoms with Crippen LogP contribution >= 0.6 is 11.8 Å². The first kappa shape index (κ1) is 16.9. The molecular formula is C17H23NO3S. The zero-order valence-electron chi connectivity index (χ0n) is 13.3. The van der Waals surface area contributed by atoms with Gasteiger partial charge in [-0.15, -0.1) is 11.8 Å². The third kappa shape index (κ3) is 3.29. The molecule has 0 saturated carbocycles. The van der Waals surface area contributed by atoms with Crippen molar-refractivity contribution in [1.29, 1.82) is 0 Å². The molecule has 1 saturated heterocycles. The summed E-state index contributed by atoms with van der Waals surface area (Å²) in [5.74, 6) is -0.383. The van der Waals surface area contributed by atoms with E-state index in [1.807, 2.05) is 45.0 Å². The second kappa shape index (κ2) is 6.73. The number of rotatable bonds is 5. The summed E-state index contributed by atoms with van der Waals surface area (Å²) in [6.45, 7) is 6.73. The molecule has 120 valence electrons. The van der Waals surface area contributed by atoms with Crippen LogP contribution in [0.2, 0.25) is 0 Å². The Morgan fingerprint density at radius 3 is 2.59 bits per heavy atom. The molecule has 1 atom stereocenters. The van der Waals surface area contributed by atoms with Crippen molar-refractivity contribution in [2.45, 2.75) is 32.1 Å². The van der Waals surface area contributed by atoms with Gasteiger partial charge in [-0.25, -0.2) is 0 Å². The Labute approximate surface area is 135 Å². The number of hydrogen-bond donors (Lipinski definition) is 1. The van der Waals surface area contributed by atoms with E-state index in [-0.39, 0.29) is 11.8 Å². The van der Waals surface area contributed by atoms with Gasteiger partial charge in [0.2, 0.25) is 5.91 Å². The minimum atomic E-state index is -0.789. The topological polar surface area (TPSA) is 57.6 Å². The van der Waals surface area contributed by atoms with Crippen LogP contribution in [0.1, 0.15) is 25.8 Å². The average molecular weight is 321 g/mol. The summed E-state index contributed by atoms with van der Waals surface area (Å²) in [6.07, 6.45) is 0.542. The number of hydrogen-bond acceptors (Lipinski definition) is 3. The van der Waals surface area contributed by atoms with Crippen LogP contribution in [0.25, 0.3) is 0 Å². The van der Waals surface area contributed by atoms with Crippen LogP contribution in [0.5, 0.6) is 0 Å². The number of thioether (sulfide) groups is 1. The van der Waals surface area contributed by atoms with Gasteiger partial charge < -0.3 is 10.0 Å². The molecule has 0 radical (unpaired) electrons. The number of aryl methyl sites for hydroxylation is 1. The Balaban J connectivity index is 1.97. The lowest BCUT2D eigenvalue weighted by molar-refractivity contribution is -0.151. The predicted molar refractivity (Wildman–Crippen MR) is 88.0 cm³/mol. The van der Waals surface area contributed by atoms with E-state index in [0.717, 1.165) is 10.5 Å². The Morgan fingerprint density at radius 1 is 1.36 bits per heavy atom. The first-order valence-electron chi connectivity index (χ1n) is 7.56. The van der Waals surface area contributed by atoms with Crippen LogP contribution < -0.4 is 0 Å². The number of nitrogens with zero attached hydrogens (tertiary/aromatic N) is 1. The molecule has 2 rings (SSSR count). The maximum absolute atomic E-state index is 12.4. The van der Waals surface area contributed by atoms with E-state index < -0.39 is 11.4 Å². The minimum absolute atomic E-state index is 0.0202. The van der Waals surface area contributed by atoms with Gasteiger partial charge in [-0.2, -0.15) is 0 Å². The smallest absolute Gasteiger partial charge is 0.311 e. The van der Waals surface area contributed by atoms with E-state index in [9.17, 15) is 14.7 Å². The Morgan fingerprint density at radius 2 is 2.05 bits per heavy atom. The summed E-state index contributed by atoms with van der Waals surface area (Å²) in [7, 11) is 0. The number of carboxylic acid groups (broad SMARTS) is 1. The van der Waals surface area contributed by atoms with Crippen LogP contribution in [0.15, 0.2) is 29.2 Å². The highest BCUT2D eigenvalue weighted by atomic mass is 32.2. The molecule has 0 aromatic heterocycles. The third-order valence-corrected chi connectivity index (χ3v) is 5.79. The first-order chi connectivity index (χ1) is 10.4. The summed E-state index contributed by atoms with van der Waals surface area (Å²) in [6, 6.07) is 7.97. The standard InChI is InChI=1S/C17H23NO3S/c1-12(2)17(16(20)21)8-9-18(11-17)15(19)10-22-14-7-5-4-6-13(14)3/h4-7,12H,8-11H2,1-3H3,(H,20,21). The van der Waals surface area contributed by atoms with Gasteiger partial charge in [0.05, 0.1) is 11.2 Å². The van der Waals surface area contributed by atoms with E-state index in [2.05, 4.69) is 0 Å². The van der Waals surface area contributed by atoms with Gasteiger partial charge in [-0.05, 0) is 30.9 Å². The number of benzene rings is 1. The van der Waals surface area contributed by atoms with Crippen molar-refractivity contribution in [2.24, 2.45) is 11.3 Å². The molecule has 1 fully saturated rings. The number of likely N-dealkylation sites (tertiary alicyclic amines) is 1. The number of carbonyl (C=O) groups is 2. The van der Waals surface area contributed by atoms with E-state index in [1.54, 1.807) is 4.90 Å². The highest BCUT2D eigenvalue weighted by Gasteiger charge is 2.48. The molecule has 0 bridgehead atoms. The zero-order valence-corrected chi connectivity index (χ0v) is 14.2. The summed E-state index contributed by atoms with van der Waals surface area (Å²) in [5, 5.41) is 9.53. The fourth-order valence-corrected chi connectivity index (χ4v) is 3.82. The van der Waals surface area contributed by atoms with Gasteiger partial charge in [0.15, 0.2) is 0 Å². The van der Waals surface area contributed by atoms with Gasteiger partial charge >= 0.3 is 5.97 Å². The Kier molecular flexibility index (Phi) is 5.16. The second-order valence-corrected chi connectivity index (χ2v) is 7.25. The van der Waals surface area contributed by atoms with Crippen molar-refractivity contribution in [3.8, 4) is 0 Å². The third-order valence-electron chi connectivity index (χ3n) is 4.63. The van der Waals surface area contributed by atoms with Gasteiger partial charge in [0.1, 0.15) is 0 Å². The Bertz CT molecular complexity index is 573. The Hall–Kier alpha value is -1.49. The molecular weight excluding hydrogens is 298 g/mol. The molecule has 1 heterocycles. The van der Waals surface area contributed by atoms with Crippen LogP contribution in [-0.2, 0) is 9.59 Å². The molecule has 1 aliphatic heterocycles. The van der Waals surface area contributed by atoms with Crippen LogP contribution in [0.3, 0.4) is 0 Å². The van der Waals surface area contributed by atoms with Crippen molar-refractivity contribution < 1.29 is 14.7 Å². The minimum Gasteiger partial charge on any atom is -0.481 e. The lowest BCUT2D eigenvalue weighted by Crippen LogP contribution is -2.41. The summed E-state index contributed by atoms with van der Waals surface area (Å²) in [5.41, 5.74) is 0.368. The normalized spacial score (nSPS) is 21.4.